The number of hydrogen-bond acceptors (Lipinski definition) is 4. The standard InChI is InChI=1S/C14H16N2O3S/c1-9(14(18)19)10(2)16-13(17)11-5-3-4-6-12(11)20-8-7-15/h3-6,9-10H,8H2,1-2H3,(H,16,17)(H,18,19). The monoisotopic (exact) mass is 292 g/mol. The number of carbonyl (C=O) groups is 2. The molecule has 0 saturated carbocycles. The number of nitrogens with zero attached hydrogens (tertiary/aromatic N) is 1. The van der Waals surface area contributed by atoms with Crippen LogP contribution in [-0.2, 0) is 4.79 Å². The van der Waals surface area contributed by atoms with Crippen LogP contribution in [0.2, 0.25) is 0 Å². The second-order valence-electron chi connectivity index (χ2n) is 4.33. The van der Waals surface area contributed by atoms with Gasteiger partial charge in [-0.1, -0.05) is 12.1 Å². The third kappa shape index (κ3) is 4.28. The van der Waals surface area contributed by atoms with E-state index in [9.17, 15) is 9.59 Å². The van der Waals surface area contributed by atoms with Crippen molar-refractivity contribution < 1.29 is 14.7 Å². The summed E-state index contributed by atoms with van der Waals surface area (Å²) in [5.41, 5.74) is 0.456. The number of amides is 1. The lowest BCUT2D eigenvalue weighted by molar-refractivity contribution is -0.141. The van der Waals surface area contributed by atoms with Crippen LogP contribution in [-0.4, -0.2) is 28.8 Å². The van der Waals surface area contributed by atoms with Gasteiger partial charge in [-0.05, 0) is 26.0 Å². The fourth-order valence-corrected chi connectivity index (χ4v) is 2.22. The lowest BCUT2D eigenvalue weighted by atomic mass is 10.0. The topological polar surface area (TPSA) is 90.2 Å². The smallest absolute Gasteiger partial charge is 0.308 e. The number of aliphatic carboxylic acids is 1. The van der Waals surface area contributed by atoms with E-state index in [4.69, 9.17) is 10.4 Å². The molecule has 20 heavy (non-hydrogen) atoms. The molecule has 1 aromatic carbocycles. The number of carbonyl (C=O) groups excluding carboxylic acids is 1. The van der Waals surface area contributed by atoms with Crippen molar-refractivity contribution in [1.29, 1.82) is 5.26 Å². The first-order valence-electron chi connectivity index (χ1n) is 6.09. The lowest BCUT2D eigenvalue weighted by Crippen LogP contribution is -2.40. The van der Waals surface area contributed by atoms with Gasteiger partial charge in [0.1, 0.15) is 0 Å². The Morgan fingerprint density at radius 3 is 2.65 bits per heavy atom. The summed E-state index contributed by atoms with van der Waals surface area (Å²) in [5.74, 6) is -1.69. The fraction of sp³-hybridized carbons (Fsp3) is 0.357. The summed E-state index contributed by atoms with van der Waals surface area (Å²) in [6.45, 7) is 3.20. The van der Waals surface area contributed by atoms with Crippen LogP contribution in [0.3, 0.4) is 0 Å². The van der Waals surface area contributed by atoms with Gasteiger partial charge in [-0.3, -0.25) is 9.59 Å². The van der Waals surface area contributed by atoms with Crippen LogP contribution in [0.4, 0.5) is 0 Å². The van der Waals surface area contributed by atoms with Gasteiger partial charge in [0.05, 0.1) is 23.3 Å². The van der Waals surface area contributed by atoms with Gasteiger partial charge in [-0.15, -0.1) is 11.8 Å². The number of carboxylic acids is 1. The van der Waals surface area contributed by atoms with Crippen molar-refractivity contribution in [3.63, 3.8) is 0 Å². The molecule has 1 rings (SSSR count). The van der Waals surface area contributed by atoms with Crippen molar-refractivity contribution >= 4 is 23.6 Å². The van der Waals surface area contributed by atoms with Crippen LogP contribution in [0.15, 0.2) is 29.2 Å². The summed E-state index contributed by atoms with van der Waals surface area (Å²) in [6, 6.07) is 8.48. The summed E-state index contributed by atoms with van der Waals surface area (Å²) in [5, 5.41) is 20.2. The van der Waals surface area contributed by atoms with Gasteiger partial charge in [-0.2, -0.15) is 5.26 Å². The second-order valence-corrected chi connectivity index (χ2v) is 5.35. The second kappa shape index (κ2) is 7.56. The molecule has 1 aromatic rings. The summed E-state index contributed by atoms with van der Waals surface area (Å²) < 4.78 is 0. The van der Waals surface area contributed by atoms with E-state index in [1.54, 1.807) is 38.1 Å². The maximum Gasteiger partial charge on any atom is 0.308 e. The Morgan fingerprint density at radius 2 is 2.05 bits per heavy atom. The van der Waals surface area contributed by atoms with Crippen LogP contribution < -0.4 is 5.32 Å². The molecule has 2 N–H and O–H groups in total. The Bertz CT molecular complexity index is 539. The van der Waals surface area contributed by atoms with E-state index in [1.807, 2.05) is 6.07 Å². The maximum absolute atomic E-state index is 12.2. The zero-order valence-electron chi connectivity index (χ0n) is 11.3. The van der Waals surface area contributed by atoms with E-state index in [0.29, 0.717) is 10.5 Å². The molecular formula is C14H16N2O3S. The predicted octanol–water partition coefficient (Wildman–Crippen LogP) is 2.14. The van der Waals surface area contributed by atoms with E-state index >= 15 is 0 Å². The highest BCUT2D eigenvalue weighted by Crippen LogP contribution is 2.22. The van der Waals surface area contributed by atoms with Gasteiger partial charge < -0.3 is 10.4 Å². The van der Waals surface area contributed by atoms with Crippen molar-refractivity contribution in [3.8, 4) is 6.07 Å². The van der Waals surface area contributed by atoms with E-state index in [1.165, 1.54) is 11.8 Å². The first-order chi connectivity index (χ1) is 9.47. The molecule has 0 fully saturated rings. The molecule has 5 nitrogen and oxygen atoms in total. The summed E-state index contributed by atoms with van der Waals surface area (Å²) in [4.78, 5) is 23.8. The predicted molar refractivity (Wildman–Crippen MR) is 76.5 cm³/mol. The summed E-state index contributed by atoms with van der Waals surface area (Å²) in [6.07, 6.45) is 0. The molecule has 0 aromatic heterocycles. The first kappa shape index (κ1) is 16.1. The third-order valence-corrected chi connectivity index (χ3v) is 3.86. The Labute approximate surface area is 122 Å². The quantitative estimate of drug-likeness (QED) is 0.784. The SMILES string of the molecule is CC(NC(=O)c1ccccc1SCC#N)C(C)C(=O)O. The van der Waals surface area contributed by atoms with Gasteiger partial charge in [-0.25, -0.2) is 0 Å². The maximum atomic E-state index is 12.2. The molecule has 0 aliphatic heterocycles. The number of rotatable bonds is 6. The van der Waals surface area contributed by atoms with Gasteiger partial charge in [0.15, 0.2) is 0 Å². The van der Waals surface area contributed by atoms with Crippen LogP contribution >= 0.6 is 11.8 Å². The van der Waals surface area contributed by atoms with Gasteiger partial charge >= 0.3 is 5.97 Å². The van der Waals surface area contributed by atoms with E-state index < -0.39 is 17.9 Å². The van der Waals surface area contributed by atoms with Gasteiger partial charge in [0.2, 0.25) is 0 Å². The average Bonchev–Trinajstić information content (AvgIpc) is 2.44. The number of hydrogen-bond donors (Lipinski definition) is 2. The summed E-state index contributed by atoms with van der Waals surface area (Å²) >= 11 is 1.28. The van der Waals surface area contributed by atoms with Crippen molar-refractivity contribution in [2.45, 2.75) is 24.8 Å². The van der Waals surface area contributed by atoms with Crippen LogP contribution in [0.25, 0.3) is 0 Å². The Kier molecular flexibility index (Phi) is 6.07. The minimum atomic E-state index is -0.954. The molecule has 0 heterocycles. The fourth-order valence-electron chi connectivity index (χ4n) is 1.51. The van der Waals surface area contributed by atoms with Crippen molar-refractivity contribution in [2.24, 2.45) is 5.92 Å². The van der Waals surface area contributed by atoms with E-state index in [2.05, 4.69) is 5.32 Å². The minimum Gasteiger partial charge on any atom is -0.481 e. The number of nitriles is 1. The number of nitrogens with one attached hydrogen (secondary N) is 1. The largest absolute Gasteiger partial charge is 0.481 e. The highest BCUT2D eigenvalue weighted by Gasteiger charge is 2.22. The molecule has 6 heteroatoms. The van der Waals surface area contributed by atoms with Crippen molar-refractivity contribution in [2.75, 3.05) is 5.75 Å². The lowest BCUT2D eigenvalue weighted by Gasteiger charge is -2.18. The Balaban J connectivity index is 2.82. The van der Waals surface area contributed by atoms with Crippen LogP contribution in [0.1, 0.15) is 24.2 Å². The van der Waals surface area contributed by atoms with Gasteiger partial charge in [0, 0.05) is 10.9 Å². The van der Waals surface area contributed by atoms with Crippen molar-refractivity contribution in [3.05, 3.63) is 29.8 Å². The zero-order valence-corrected chi connectivity index (χ0v) is 12.1. The van der Waals surface area contributed by atoms with E-state index in [-0.39, 0.29) is 11.7 Å². The first-order valence-corrected chi connectivity index (χ1v) is 7.08. The molecule has 2 atom stereocenters. The highest BCUT2D eigenvalue weighted by molar-refractivity contribution is 7.99. The molecule has 2 unspecified atom stereocenters. The molecule has 106 valence electrons. The Hall–Kier alpha value is -2.00. The Morgan fingerprint density at radius 1 is 1.40 bits per heavy atom. The van der Waals surface area contributed by atoms with Crippen LogP contribution in [0, 0.1) is 17.2 Å². The zero-order chi connectivity index (χ0) is 15.1. The average molecular weight is 292 g/mol. The third-order valence-electron chi connectivity index (χ3n) is 2.92. The molecule has 0 bridgehead atoms. The molecule has 0 aliphatic carbocycles. The molecular weight excluding hydrogens is 276 g/mol. The molecule has 0 saturated heterocycles. The molecule has 1 amide bonds. The molecule has 0 radical (unpaired) electrons. The highest BCUT2D eigenvalue weighted by atomic mass is 32.2. The van der Waals surface area contributed by atoms with Crippen molar-refractivity contribution in [1.82, 2.24) is 5.32 Å². The number of carboxylic acid groups (broad SMARTS) is 1. The normalized spacial score (nSPS) is 13.1. The minimum absolute atomic E-state index is 0.255. The number of thioether (sulfide) groups is 1. The van der Waals surface area contributed by atoms with E-state index in [0.717, 1.165) is 0 Å². The van der Waals surface area contributed by atoms with Gasteiger partial charge in [0.25, 0.3) is 5.91 Å². The summed E-state index contributed by atoms with van der Waals surface area (Å²) in [7, 11) is 0. The van der Waals surface area contributed by atoms with Crippen LogP contribution in [0.5, 0.6) is 0 Å². The molecule has 0 spiro atoms. The molecule has 0 aliphatic rings. The number of benzene rings is 1.